The summed E-state index contributed by atoms with van der Waals surface area (Å²) in [5.41, 5.74) is 0. The Hall–Kier alpha value is -1.24. The summed E-state index contributed by atoms with van der Waals surface area (Å²) >= 11 is 1.84. The van der Waals surface area contributed by atoms with Gasteiger partial charge in [-0.15, -0.1) is 21.5 Å². The third-order valence-corrected chi connectivity index (χ3v) is 5.29. The fraction of sp³-hybridized carbons (Fsp3) is 0.625. The van der Waals surface area contributed by atoms with E-state index < -0.39 is 0 Å². The normalized spacial score (nSPS) is 16.2. The molecule has 2 aromatic heterocycles. The maximum Gasteiger partial charge on any atom is 0.147 e. The van der Waals surface area contributed by atoms with Crippen LogP contribution < -0.4 is 0 Å². The Balaban J connectivity index is 1.65. The van der Waals surface area contributed by atoms with Gasteiger partial charge in [0.05, 0.1) is 6.54 Å². The Morgan fingerprint density at radius 2 is 2.14 bits per heavy atom. The van der Waals surface area contributed by atoms with E-state index in [1.807, 2.05) is 11.3 Å². The van der Waals surface area contributed by atoms with E-state index in [4.69, 9.17) is 0 Å². The van der Waals surface area contributed by atoms with Crippen molar-refractivity contribution in [3.8, 4) is 0 Å². The van der Waals surface area contributed by atoms with E-state index in [1.165, 1.54) is 4.88 Å². The second-order valence-electron chi connectivity index (χ2n) is 6.30. The lowest BCUT2D eigenvalue weighted by Gasteiger charge is -2.21. The van der Waals surface area contributed by atoms with Gasteiger partial charge in [0.15, 0.2) is 0 Å². The minimum Gasteiger partial charge on any atom is -0.313 e. The van der Waals surface area contributed by atoms with Gasteiger partial charge >= 0.3 is 0 Å². The average molecular weight is 319 g/mol. The van der Waals surface area contributed by atoms with Gasteiger partial charge in [0, 0.05) is 43.5 Å². The molecular weight excluding hydrogens is 294 g/mol. The Morgan fingerprint density at radius 1 is 1.27 bits per heavy atom. The molecule has 0 amide bonds. The number of aromatic nitrogens is 3. The van der Waals surface area contributed by atoms with Gasteiger partial charge in [-0.05, 0) is 32.3 Å². The highest BCUT2D eigenvalue weighted by Crippen LogP contribution is 2.16. The van der Waals surface area contributed by atoms with E-state index in [2.05, 4.69) is 63.0 Å². The molecule has 22 heavy (non-hydrogen) atoms. The fourth-order valence-electron chi connectivity index (χ4n) is 2.73. The zero-order chi connectivity index (χ0) is 15.5. The second-order valence-corrected chi connectivity index (χ2v) is 7.33. The maximum absolute atomic E-state index is 4.42. The number of fused-ring (bicyclic) bond motifs is 1. The fourth-order valence-corrected chi connectivity index (χ4v) is 3.48. The van der Waals surface area contributed by atoms with Crippen molar-refractivity contribution in [3.05, 3.63) is 34.0 Å². The van der Waals surface area contributed by atoms with Crippen molar-refractivity contribution >= 4 is 11.3 Å². The van der Waals surface area contributed by atoms with Crippen molar-refractivity contribution < 1.29 is 0 Å². The lowest BCUT2D eigenvalue weighted by molar-refractivity contribution is 0.249. The predicted octanol–water partition coefficient (Wildman–Crippen LogP) is 2.24. The molecule has 6 heteroatoms. The molecule has 120 valence electrons. The second kappa shape index (κ2) is 6.89. The lowest BCUT2D eigenvalue weighted by atomic mass is 10.3. The van der Waals surface area contributed by atoms with Crippen LogP contribution in [0.15, 0.2) is 17.5 Å². The zero-order valence-corrected chi connectivity index (χ0v) is 14.5. The SMILES string of the molecule is CC(C)N(C)Cc1nnc2n1CCN(Cc1cccs1)CC2. The lowest BCUT2D eigenvalue weighted by Crippen LogP contribution is -2.29. The molecule has 0 spiro atoms. The van der Waals surface area contributed by atoms with Gasteiger partial charge in [-0.1, -0.05) is 6.07 Å². The molecule has 0 unspecified atom stereocenters. The Kier molecular flexibility index (Phi) is 4.90. The highest BCUT2D eigenvalue weighted by molar-refractivity contribution is 7.09. The molecule has 0 atom stereocenters. The largest absolute Gasteiger partial charge is 0.313 e. The summed E-state index contributed by atoms with van der Waals surface area (Å²) < 4.78 is 2.33. The first-order valence-electron chi connectivity index (χ1n) is 7.99. The van der Waals surface area contributed by atoms with E-state index >= 15 is 0 Å². The molecule has 3 rings (SSSR count). The van der Waals surface area contributed by atoms with E-state index in [0.717, 1.165) is 50.8 Å². The minimum absolute atomic E-state index is 0.522. The van der Waals surface area contributed by atoms with E-state index in [-0.39, 0.29) is 0 Å². The highest BCUT2D eigenvalue weighted by atomic mass is 32.1. The van der Waals surface area contributed by atoms with Gasteiger partial charge in [-0.25, -0.2) is 0 Å². The van der Waals surface area contributed by atoms with E-state index in [0.29, 0.717) is 6.04 Å². The summed E-state index contributed by atoms with van der Waals surface area (Å²) in [6.07, 6.45) is 0.990. The molecule has 2 aromatic rings. The zero-order valence-electron chi connectivity index (χ0n) is 13.7. The number of hydrogen-bond donors (Lipinski definition) is 0. The van der Waals surface area contributed by atoms with Crippen LogP contribution in [-0.4, -0.2) is 50.7 Å². The quantitative estimate of drug-likeness (QED) is 0.847. The smallest absolute Gasteiger partial charge is 0.147 e. The first-order valence-corrected chi connectivity index (χ1v) is 8.87. The van der Waals surface area contributed by atoms with Crippen molar-refractivity contribution in [2.45, 2.75) is 45.9 Å². The summed E-state index contributed by atoms with van der Waals surface area (Å²) in [5.74, 6) is 2.24. The van der Waals surface area contributed by atoms with Crippen LogP contribution in [0.1, 0.15) is 30.4 Å². The first-order chi connectivity index (χ1) is 10.6. The number of nitrogens with zero attached hydrogens (tertiary/aromatic N) is 5. The molecule has 0 aromatic carbocycles. The molecule has 0 radical (unpaired) electrons. The third-order valence-electron chi connectivity index (χ3n) is 4.43. The highest BCUT2D eigenvalue weighted by Gasteiger charge is 2.20. The van der Waals surface area contributed by atoms with Crippen molar-refractivity contribution in [2.24, 2.45) is 0 Å². The van der Waals surface area contributed by atoms with Crippen molar-refractivity contribution in [1.82, 2.24) is 24.6 Å². The Morgan fingerprint density at radius 3 is 2.86 bits per heavy atom. The van der Waals surface area contributed by atoms with Crippen LogP contribution in [0, 0.1) is 0 Å². The van der Waals surface area contributed by atoms with Crippen LogP contribution in [0.25, 0.3) is 0 Å². The third kappa shape index (κ3) is 3.56. The summed E-state index contributed by atoms with van der Waals surface area (Å²) in [6, 6.07) is 4.87. The predicted molar refractivity (Wildman–Crippen MR) is 89.9 cm³/mol. The summed E-state index contributed by atoms with van der Waals surface area (Å²) in [6.45, 7) is 9.48. The molecule has 0 N–H and O–H groups in total. The van der Waals surface area contributed by atoms with Gasteiger partial charge in [0.1, 0.15) is 11.6 Å². The molecule has 0 aliphatic carbocycles. The van der Waals surface area contributed by atoms with Crippen LogP contribution in [0.3, 0.4) is 0 Å². The van der Waals surface area contributed by atoms with Crippen LogP contribution in [0.2, 0.25) is 0 Å². The maximum atomic E-state index is 4.42. The molecule has 0 saturated heterocycles. The summed E-state index contributed by atoms with van der Waals surface area (Å²) in [5, 5.41) is 11.0. The summed E-state index contributed by atoms with van der Waals surface area (Å²) in [4.78, 5) is 6.28. The van der Waals surface area contributed by atoms with Crippen molar-refractivity contribution in [1.29, 1.82) is 0 Å². The van der Waals surface area contributed by atoms with Crippen molar-refractivity contribution in [2.75, 3.05) is 20.1 Å². The Labute approximate surface area is 136 Å². The Bertz CT molecular complexity index is 590. The van der Waals surface area contributed by atoms with Crippen LogP contribution >= 0.6 is 11.3 Å². The van der Waals surface area contributed by atoms with Gasteiger partial charge < -0.3 is 4.57 Å². The molecule has 1 aliphatic rings. The van der Waals surface area contributed by atoms with Crippen LogP contribution in [0.5, 0.6) is 0 Å². The van der Waals surface area contributed by atoms with Gasteiger partial charge in [0.25, 0.3) is 0 Å². The van der Waals surface area contributed by atoms with E-state index in [9.17, 15) is 0 Å². The van der Waals surface area contributed by atoms with E-state index in [1.54, 1.807) is 0 Å². The number of rotatable bonds is 5. The first kappa shape index (κ1) is 15.6. The van der Waals surface area contributed by atoms with Crippen molar-refractivity contribution in [3.63, 3.8) is 0 Å². The monoisotopic (exact) mass is 319 g/mol. The molecule has 0 fully saturated rings. The van der Waals surface area contributed by atoms with Gasteiger partial charge in [-0.3, -0.25) is 9.80 Å². The van der Waals surface area contributed by atoms with Gasteiger partial charge in [0.2, 0.25) is 0 Å². The minimum atomic E-state index is 0.522. The van der Waals surface area contributed by atoms with Crippen LogP contribution in [0.4, 0.5) is 0 Å². The molecule has 1 aliphatic heterocycles. The number of hydrogen-bond acceptors (Lipinski definition) is 5. The molecule has 5 nitrogen and oxygen atoms in total. The molecule has 3 heterocycles. The molecule has 0 bridgehead atoms. The van der Waals surface area contributed by atoms with Gasteiger partial charge in [-0.2, -0.15) is 0 Å². The summed E-state index contributed by atoms with van der Waals surface area (Å²) in [7, 11) is 2.14. The average Bonchev–Trinajstić information content (AvgIpc) is 3.07. The number of thiophene rings is 1. The molecular formula is C16H25N5S. The topological polar surface area (TPSA) is 37.2 Å². The molecule has 0 saturated carbocycles. The van der Waals surface area contributed by atoms with Crippen LogP contribution in [-0.2, 0) is 26.1 Å². The standard InChI is InChI=1S/C16H25N5S/c1-13(2)19(3)12-16-18-17-15-6-7-20(8-9-21(15)16)11-14-5-4-10-22-14/h4-5,10,13H,6-9,11-12H2,1-3H3.